The molecule has 0 radical (unpaired) electrons. The second kappa shape index (κ2) is 5.52. The summed E-state index contributed by atoms with van der Waals surface area (Å²) in [7, 11) is 1.22. The van der Waals surface area contributed by atoms with Crippen LogP contribution in [0, 0.1) is 11.6 Å². The molecule has 1 aromatic carbocycles. The van der Waals surface area contributed by atoms with Gasteiger partial charge in [0.25, 0.3) is 0 Å². The third-order valence-electron chi connectivity index (χ3n) is 2.48. The van der Waals surface area contributed by atoms with Crippen molar-refractivity contribution in [2.75, 3.05) is 18.2 Å². The molecule has 2 rings (SSSR count). The molecular weight excluding hydrogens is 268 g/mol. The SMILES string of the molecule is COC(=O)c1cc(Nc2cc(F)cc(F)c2)ncc1N. The summed E-state index contributed by atoms with van der Waals surface area (Å²) < 4.78 is 30.7. The number of pyridine rings is 1. The Morgan fingerprint density at radius 1 is 1.25 bits per heavy atom. The first-order chi connectivity index (χ1) is 9.49. The van der Waals surface area contributed by atoms with Gasteiger partial charge in [0.2, 0.25) is 0 Å². The lowest BCUT2D eigenvalue weighted by Gasteiger charge is -2.09. The van der Waals surface area contributed by atoms with E-state index >= 15 is 0 Å². The first kappa shape index (κ1) is 13.7. The van der Waals surface area contributed by atoms with Crippen LogP contribution in [0.25, 0.3) is 0 Å². The molecule has 3 N–H and O–H groups in total. The first-order valence-corrected chi connectivity index (χ1v) is 5.56. The average Bonchev–Trinajstić information content (AvgIpc) is 2.39. The van der Waals surface area contributed by atoms with E-state index in [1.807, 2.05) is 0 Å². The third kappa shape index (κ3) is 3.00. The zero-order valence-electron chi connectivity index (χ0n) is 10.5. The number of aromatic nitrogens is 1. The van der Waals surface area contributed by atoms with E-state index < -0.39 is 17.6 Å². The fourth-order valence-corrected chi connectivity index (χ4v) is 1.59. The van der Waals surface area contributed by atoms with Crippen LogP contribution in [0.3, 0.4) is 0 Å². The van der Waals surface area contributed by atoms with Crippen molar-refractivity contribution in [3.8, 4) is 0 Å². The Morgan fingerprint density at radius 3 is 2.50 bits per heavy atom. The number of nitrogen functional groups attached to an aromatic ring is 1. The van der Waals surface area contributed by atoms with E-state index in [4.69, 9.17) is 5.73 Å². The maximum atomic E-state index is 13.1. The van der Waals surface area contributed by atoms with Crippen LogP contribution < -0.4 is 11.1 Å². The molecule has 0 amide bonds. The molecule has 1 heterocycles. The summed E-state index contributed by atoms with van der Waals surface area (Å²) >= 11 is 0. The van der Waals surface area contributed by atoms with Gasteiger partial charge in [-0.1, -0.05) is 0 Å². The number of hydrogen-bond acceptors (Lipinski definition) is 5. The summed E-state index contributed by atoms with van der Waals surface area (Å²) in [6.07, 6.45) is 1.25. The Balaban J connectivity index is 2.32. The normalized spacial score (nSPS) is 10.2. The highest BCUT2D eigenvalue weighted by molar-refractivity contribution is 5.95. The number of carbonyl (C=O) groups is 1. The number of nitrogens with zero attached hydrogens (tertiary/aromatic N) is 1. The Hall–Kier alpha value is -2.70. The molecule has 0 bridgehead atoms. The lowest BCUT2D eigenvalue weighted by Crippen LogP contribution is -2.07. The highest BCUT2D eigenvalue weighted by Crippen LogP contribution is 2.21. The maximum absolute atomic E-state index is 13.1. The number of halogens is 2. The van der Waals surface area contributed by atoms with E-state index in [0.717, 1.165) is 18.2 Å². The lowest BCUT2D eigenvalue weighted by molar-refractivity contribution is 0.0602. The molecule has 0 aliphatic rings. The van der Waals surface area contributed by atoms with Crippen LogP contribution in [0.5, 0.6) is 0 Å². The quantitative estimate of drug-likeness (QED) is 0.844. The second-order valence-electron chi connectivity index (χ2n) is 3.93. The molecule has 0 unspecified atom stereocenters. The smallest absolute Gasteiger partial charge is 0.340 e. The van der Waals surface area contributed by atoms with E-state index in [1.54, 1.807) is 0 Å². The average molecular weight is 279 g/mol. The number of esters is 1. The minimum Gasteiger partial charge on any atom is -0.465 e. The van der Waals surface area contributed by atoms with Gasteiger partial charge in [0, 0.05) is 11.8 Å². The van der Waals surface area contributed by atoms with E-state index in [9.17, 15) is 13.6 Å². The number of nitrogens with two attached hydrogens (primary N) is 1. The van der Waals surface area contributed by atoms with Crippen molar-refractivity contribution < 1.29 is 18.3 Å². The summed E-state index contributed by atoms with van der Waals surface area (Å²) in [6.45, 7) is 0. The van der Waals surface area contributed by atoms with Crippen LogP contribution in [0.1, 0.15) is 10.4 Å². The molecular formula is C13H11F2N3O2. The molecule has 0 aliphatic heterocycles. The van der Waals surface area contributed by atoms with Crippen LogP contribution in [-0.4, -0.2) is 18.1 Å². The fourth-order valence-electron chi connectivity index (χ4n) is 1.59. The number of rotatable bonds is 3. The molecule has 7 heteroatoms. The molecule has 0 aliphatic carbocycles. The second-order valence-corrected chi connectivity index (χ2v) is 3.93. The lowest BCUT2D eigenvalue weighted by atomic mass is 10.2. The van der Waals surface area contributed by atoms with Crippen molar-refractivity contribution in [3.05, 3.63) is 47.7 Å². The summed E-state index contributed by atoms with van der Waals surface area (Å²) in [4.78, 5) is 15.4. The molecule has 0 fully saturated rings. The van der Waals surface area contributed by atoms with E-state index in [0.29, 0.717) is 0 Å². The molecule has 0 saturated heterocycles. The predicted molar refractivity (Wildman–Crippen MR) is 69.6 cm³/mol. The number of nitrogens with one attached hydrogen (secondary N) is 1. The van der Waals surface area contributed by atoms with Crippen LogP contribution in [-0.2, 0) is 4.74 Å². The van der Waals surface area contributed by atoms with Crippen molar-refractivity contribution in [2.45, 2.75) is 0 Å². The Morgan fingerprint density at radius 2 is 1.90 bits per heavy atom. The van der Waals surface area contributed by atoms with Crippen molar-refractivity contribution >= 4 is 23.2 Å². The highest BCUT2D eigenvalue weighted by atomic mass is 19.1. The van der Waals surface area contributed by atoms with Crippen LogP contribution in [0.15, 0.2) is 30.5 Å². The van der Waals surface area contributed by atoms with Crippen molar-refractivity contribution in [2.24, 2.45) is 0 Å². The zero-order valence-corrected chi connectivity index (χ0v) is 10.5. The van der Waals surface area contributed by atoms with Crippen molar-refractivity contribution in [1.29, 1.82) is 0 Å². The third-order valence-corrected chi connectivity index (χ3v) is 2.48. The number of ether oxygens (including phenoxy) is 1. The van der Waals surface area contributed by atoms with Gasteiger partial charge in [0.05, 0.1) is 24.6 Å². The summed E-state index contributed by atoms with van der Waals surface area (Å²) in [5, 5.41) is 2.68. The molecule has 1 aromatic heterocycles. The molecule has 2 aromatic rings. The summed E-state index contributed by atoms with van der Waals surface area (Å²) in [5.41, 5.74) is 6.02. The number of methoxy groups -OCH3 is 1. The molecule has 0 spiro atoms. The van der Waals surface area contributed by atoms with Gasteiger partial charge in [0.15, 0.2) is 0 Å². The van der Waals surface area contributed by atoms with Gasteiger partial charge in [0.1, 0.15) is 17.5 Å². The Bertz CT molecular complexity index is 642. The Kier molecular flexibility index (Phi) is 3.79. The van der Waals surface area contributed by atoms with Crippen LogP contribution in [0.2, 0.25) is 0 Å². The predicted octanol–water partition coefficient (Wildman–Crippen LogP) is 2.47. The molecule has 5 nitrogen and oxygen atoms in total. The van der Waals surface area contributed by atoms with Gasteiger partial charge in [-0.3, -0.25) is 0 Å². The van der Waals surface area contributed by atoms with E-state index in [-0.39, 0.29) is 22.8 Å². The minimum absolute atomic E-state index is 0.113. The standard InChI is InChI=1S/C13H11F2N3O2/c1-20-13(19)10-5-12(17-6-11(10)16)18-9-3-7(14)2-8(15)4-9/h2-6H,16H2,1H3,(H,17,18). The van der Waals surface area contributed by atoms with E-state index in [1.165, 1.54) is 19.4 Å². The van der Waals surface area contributed by atoms with Crippen molar-refractivity contribution in [1.82, 2.24) is 4.98 Å². The molecule has 20 heavy (non-hydrogen) atoms. The van der Waals surface area contributed by atoms with Crippen LogP contribution in [0.4, 0.5) is 26.0 Å². The first-order valence-electron chi connectivity index (χ1n) is 5.56. The zero-order chi connectivity index (χ0) is 14.7. The Labute approximate surface area is 113 Å². The fraction of sp³-hybridized carbons (Fsp3) is 0.0769. The molecule has 0 atom stereocenters. The van der Waals surface area contributed by atoms with E-state index in [2.05, 4.69) is 15.0 Å². The topological polar surface area (TPSA) is 77.2 Å². The van der Waals surface area contributed by atoms with Crippen LogP contribution >= 0.6 is 0 Å². The van der Waals surface area contributed by atoms with Gasteiger partial charge in [-0.25, -0.2) is 18.6 Å². The minimum atomic E-state index is -0.726. The molecule has 104 valence electrons. The summed E-state index contributed by atoms with van der Waals surface area (Å²) in [5.74, 6) is -1.87. The van der Waals surface area contributed by atoms with Gasteiger partial charge in [-0.2, -0.15) is 0 Å². The number of anilines is 3. The number of benzene rings is 1. The van der Waals surface area contributed by atoms with Crippen molar-refractivity contribution in [3.63, 3.8) is 0 Å². The van der Waals surface area contributed by atoms with Gasteiger partial charge in [-0.05, 0) is 18.2 Å². The summed E-state index contributed by atoms with van der Waals surface area (Å²) in [6, 6.07) is 4.28. The van der Waals surface area contributed by atoms with Gasteiger partial charge in [-0.15, -0.1) is 0 Å². The number of carbonyl (C=O) groups excluding carboxylic acids is 1. The number of hydrogen-bond donors (Lipinski definition) is 2. The highest BCUT2D eigenvalue weighted by Gasteiger charge is 2.12. The van der Waals surface area contributed by atoms with Gasteiger partial charge >= 0.3 is 5.97 Å². The molecule has 0 saturated carbocycles. The van der Waals surface area contributed by atoms with Gasteiger partial charge < -0.3 is 15.8 Å². The largest absolute Gasteiger partial charge is 0.465 e. The monoisotopic (exact) mass is 279 g/mol. The maximum Gasteiger partial charge on any atom is 0.340 e.